The van der Waals surface area contributed by atoms with Gasteiger partial charge in [0.2, 0.25) is 0 Å². The van der Waals surface area contributed by atoms with Crippen molar-refractivity contribution in [3.8, 4) is 5.75 Å². The predicted molar refractivity (Wildman–Crippen MR) is 129 cm³/mol. The van der Waals surface area contributed by atoms with E-state index in [0.717, 1.165) is 33.9 Å². The Morgan fingerprint density at radius 2 is 1.79 bits per heavy atom. The summed E-state index contributed by atoms with van der Waals surface area (Å²) in [5.74, 6) is 1.60. The number of benzene rings is 2. The number of carbonyl (C=O) groups excluding carboxylic acids is 1. The highest BCUT2D eigenvalue weighted by Crippen LogP contribution is 2.37. The number of rotatable bonds is 4. The van der Waals surface area contributed by atoms with Gasteiger partial charge in [-0.3, -0.25) is 4.99 Å². The number of piperidine rings is 1. The summed E-state index contributed by atoms with van der Waals surface area (Å²) in [7, 11) is 1.61. The van der Waals surface area contributed by atoms with Crippen LogP contribution in [0.25, 0.3) is 0 Å². The Morgan fingerprint density at radius 3 is 2.41 bits per heavy atom. The van der Waals surface area contributed by atoms with Crippen molar-refractivity contribution in [2.24, 2.45) is 9.98 Å². The summed E-state index contributed by atoms with van der Waals surface area (Å²) in [5.41, 5.74) is -0.00595. The SMILES string of the molecule is CCSC1=NC2(CCN(C(=O)Nc3ccccc3C(F)(F)F)CC2)N=C1c1ccc(OC)cc1. The standard InChI is InChI=1S/C24H25F3N4O2S/c1-3-34-21-20(16-8-10-17(33-2)11-9-16)29-23(30-21)12-14-31(15-13-23)22(32)28-19-7-5-4-6-18(19)24(25,26)27/h4-11H,3,12-15H2,1-2H3,(H,28,32). The monoisotopic (exact) mass is 490 g/mol. The Bertz CT molecular complexity index is 1110. The molecule has 2 aromatic carbocycles. The van der Waals surface area contributed by atoms with Gasteiger partial charge in [-0.1, -0.05) is 19.1 Å². The smallest absolute Gasteiger partial charge is 0.418 e. The highest BCUT2D eigenvalue weighted by atomic mass is 32.2. The van der Waals surface area contributed by atoms with E-state index >= 15 is 0 Å². The predicted octanol–water partition coefficient (Wildman–Crippen LogP) is 5.69. The van der Waals surface area contributed by atoms with E-state index in [1.165, 1.54) is 23.1 Å². The number of carbonyl (C=O) groups is 1. The van der Waals surface area contributed by atoms with Crippen LogP contribution in [-0.2, 0) is 6.18 Å². The molecule has 0 atom stereocenters. The fourth-order valence-electron chi connectivity index (χ4n) is 4.02. The maximum absolute atomic E-state index is 13.3. The summed E-state index contributed by atoms with van der Waals surface area (Å²) < 4.78 is 45.0. The molecule has 0 bridgehead atoms. The van der Waals surface area contributed by atoms with E-state index < -0.39 is 23.4 Å². The van der Waals surface area contributed by atoms with Crippen molar-refractivity contribution >= 4 is 34.2 Å². The molecular formula is C24H25F3N4O2S. The van der Waals surface area contributed by atoms with E-state index in [4.69, 9.17) is 14.7 Å². The first-order valence-electron chi connectivity index (χ1n) is 10.9. The van der Waals surface area contributed by atoms with E-state index in [1.807, 2.05) is 24.3 Å². The molecule has 2 aliphatic heterocycles. The molecule has 0 aromatic heterocycles. The van der Waals surface area contributed by atoms with Gasteiger partial charge >= 0.3 is 12.2 Å². The van der Waals surface area contributed by atoms with Crippen molar-refractivity contribution in [3.63, 3.8) is 0 Å². The van der Waals surface area contributed by atoms with Crippen LogP contribution < -0.4 is 10.1 Å². The summed E-state index contributed by atoms with van der Waals surface area (Å²) in [6.45, 7) is 2.73. The van der Waals surface area contributed by atoms with Crippen molar-refractivity contribution in [2.75, 3.05) is 31.3 Å². The molecule has 1 N–H and O–H groups in total. The number of hydrogen-bond donors (Lipinski definition) is 1. The number of nitrogens with zero attached hydrogens (tertiary/aromatic N) is 3. The van der Waals surface area contributed by atoms with Gasteiger partial charge in [-0.25, -0.2) is 9.79 Å². The van der Waals surface area contributed by atoms with Crippen molar-refractivity contribution in [1.82, 2.24) is 4.90 Å². The van der Waals surface area contributed by atoms with Crippen LogP contribution in [0.2, 0.25) is 0 Å². The van der Waals surface area contributed by atoms with Crippen molar-refractivity contribution < 1.29 is 22.7 Å². The molecular weight excluding hydrogens is 465 g/mol. The second kappa shape index (κ2) is 9.69. The Morgan fingerprint density at radius 1 is 1.12 bits per heavy atom. The number of aliphatic imine (C=N–C) groups is 2. The molecule has 6 nitrogen and oxygen atoms in total. The van der Waals surface area contributed by atoms with Crippen LogP contribution in [-0.4, -0.2) is 53.3 Å². The molecule has 180 valence electrons. The molecule has 2 amide bonds. The summed E-state index contributed by atoms with van der Waals surface area (Å²) >= 11 is 1.62. The third-order valence-corrected chi connectivity index (χ3v) is 6.65. The molecule has 0 unspecified atom stereocenters. The van der Waals surface area contributed by atoms with Gasteiger partial charge in [0.05, 0.1) is 24.1 Å². The molecule has 10 heteroatoms. The lowest BCUT2D eigenvalue weighted by atomic mass is 9.98. The van der Waals surface area contributed by atoms with Gasteiger partial charge in [-0.05, 0) is 42.2 Å². The third-order valence-electron chi connectivity index (χ3n) is 5.80. The topological polar surface area (TPSA) is 66.3 Å². The molecule has 2 aliphatic rings. The zero-order valence-electron chi connectivity index (χ0n) is 18.9. The van der Waals surface area contributed by atoms with E-state index in [-0.39, 0.29) is 5.69 Å². The molecule has 2 heterocycles. The molecule has 0 radical (unpaired) electrons. The first kappa shape index (κ1) is 24.1. The molecule has 0 aliphatic carbocycles. The van der Waals surface area contributed by atoms with Gasteiger partial charge in [-0.15, -0.1) is 11.8 Å². The zero-order chi connectivity index (χ0) is 24.3. The average molecular weight is 491 g/mol. The van der Waals surface area contributed by atoms with Gasteiger partial charge in [0.1, 0.15) is 10.8 Å². The second-order valence-corrected chi connectivity index (χ2v) is 9.23. The molecule has 2 aromatic rings. The van der Waals surface area contributed by atoms with E-state index in [0.29, 0.717) is 25.9 Å². The minimum absolute atomic E-state index is 0.249. The van der Waals surface area contributed by atoms with E-state index in [9.17, 15) is 18.0 Å². The summed E-state index contributed by atoms with van der Waals surface area (Å²) in [6.07, 6.45) is -3.56. The zero-order valence-corrected chi connectivity index (χ0v) is 19.7. The normalized spacial score (nSPS) is 17.4. The first-order valence-corrected chi connectivity index (χ1v) is 11.9. The highest BCUT2D eigenvalue weighted by Gasteiger charge is 2.41. The van der Waals surface area contributed by atoms with Crippen LogP contribution in [0.15, 0.2) is 58.5 Å². The number of anilines is 1. The largest absolute Gasteiger partial charge is 0.497 e. The van der Waals surface area contributed by atoms with Gasteiger partial charge in [0.15, 0.2) is 5.66 Å². The van der Waals surface area contributed by atoms with Crippen molar-refractivity contribution in [3.05, 3.63) is 59.7 Å². The number of para-hydroxylation sites is 1. The van der Waals surface area contributed by atoms with E-state index in [1.54, 1.807) is 18.9 Å². The number of urea groups is 1. The number of amides is 2. The first-order chi connectivity index (χ1) is 16.2. The van der Waals surface area contributed by atoms with Crippen LogP contribution in [0.5, 0.6) is 5.75 Å². The number of alkyl halides is 3. The third kappa shape index (κ3) is 5.06. The minimum Gasteiger partial charge on any atom is -0.497 e. The Balaban J connectivity index is 1.48. The number of halogens is 3. The molecule has 1 saturated heterocycles. The quantitative estimate of drug-likeness (QED) is 0.599. The molecule has 1 fully saturated rings. The fraction of sp³-hybridized carbons (Fsp3) is 0.375. The number of hydrogen-bond acceptors (Lipinski definition) is 5. The Hall–Kier alpha value is -3.01. The maximum atomic E-state index is 13.3. The number of thioether (sulfide) groups is 1. The minimum atomic E-state index is -4.55. The average Bonchev–Trinajstić information content (AvgIpc) is 3.17. The van der Waals surface area contributed by atoms with Gasteiger partial charge < -0.3 is 15.0 Å². The Labute approximate surface area is 200 Å². The summed E-state index contributed by atoms with van der Waals surface area (Å²) in [5, 5.41) is 3.29. The molecule has 4 rings (SSSR count). The number of likely N-dealkylation sites (tertiary alicyclic amines) is 1. The van der Waals surface area contributed by atoms with Crippen LogP contribution >= 0.6 is 11.8 Å². The van der Waals surface area contributed by atoms with Gasteiger partial charge in [-0.2, -0.15) is 13.2 Å². The number of nitrogens with one attached hydrogen (secondary N) is 1. The van der Waals surface area contributed by atoms with Crippen molar-refractivity contribution in [1.29, 1.82) is 0 Å². The van der Waals surface area contributed by atoms with E-state index in [2.05, 4.69) is 12.2 Å². The maximum Gasteiger partial charge on any atom is 0.418 e. The fourth-order valence-corrected chi connectivity index (χ4v) is 4.83. The second-order valence-electron chi connectivity index (χ2n) is 7.98. The summed E-state index contributed by atoms with van der Waals surface area (Å²) in [4.78, 5) is 24.1. The molecule has 0 saturated carbocycles. The Kier molecular flexibility index (Phi) is 6.88. The number of methoxy groups -OCH3 is 1. The van der Waals surface area contributed by atoms with Crippen LogP contribution in [0.4, 0.5) is 23.7 Å². The lowest BCUT2D eigenvalue weighted by Gasteiger charge is -2.35. The molecule has 34 heavy (non-hydrogen) atoms. The lowest BCUT2D eigenvalue weighted by molar-refractivity contribution is -0.136. The van der Waals surface area contributed by atoms with Crippen molar-refractivity contribution in [2.45, 2.75) is 31.6 Å². The van der Waals surface area contributed by atoms with Crippen LogP contribution in [0, 0.1) is 0 Å². The molecule has 1 spiro atoms. The number of ether oxygens (including phenoxy) is 1. The lowest BCUT2D eigenvalue weighted by Crippen LogP contribution is -2.46. The van der Waals surface area contributed by atoms with Gasteiger partial charge in [0.25, 0.3) is 0 Å². The van der Waals surface area contributed by atoms with Crippen LogP contribution in [0.3, 0.4) is 0 Å². The summed E-state index contributed by atoms with van der Waals surface area (Å²) in [6, 6.07) is 12.1. The highest BCUT2D eigenvalue weighted by molar-refractivity contribution is 8.15. The van der Waals surface area contributed by atoms with Crippen LogP contribution in [0.1, 0.15) is 30.9 Å². The van der Waals surface area contributed by atoms with Gasteiger partial charge in [0, 0.05) is 31.5 Å².